The van der Waals surface area contributed by atoms with E-state index in [0.29, 0.717) is 0 Å². The fourth-order valence-electron chi connectivity index (χ4n) is 2.13. The van der Waals surface area contributed by atoms with E-state index in [2.05, 4.69) is 18.2 Å². The molecule has 0 amide bonds. The highest BCUT2D eigenvalue weighted by atomic mass is 16.3. The predicted molar refractivity (Wildman–Crippen MR) is 58.2 cm³/mol. The average Bonchev–Trinajstić information content (AvgIpc) is 2.74. The molecule has 0 aromatic heterocycles. The zero-order valence-corrected chi connectivity index (χ0v) is 8.32. The largest absolute Gasteiger partial charge is 0.395 e. The molecule has 1 N–H and O–H groups in total. The highest BCUT2D eigenvalue weighted by molar-refractivity contribution is 5.30. The highest BCUT2D eigenvalue weighted by Gasteiger charge is 2.17. The van der Waals surface area contributed by atoms with Crippen LogP contribution in [0.4, 0.5) is 0 Å². The minimum Gasteiger partial charge on any atom is -0.395 e. The summed E-state index contributed by atoms with van der Waals surface area (Å²) < 4.78 is 0. The van der Waals surface area contributed by atoms with Gasteiger partial charge < -0.3 is 5.11 Å². The third-order valence-corrected chi connectivity index (χ3v) is 2.91. The zero-order chi connectivity index (χ0) is 9.80. The molecular formula is C13H16O. The number of hydrogen-bond donors (Lipinski definition) is 1. The summed E-state index contributed by atoms with van der Waals surface area (Å²) in [5.41, 5.74) is 2.65. The smallest absolute Gasteiger partial charge is 0.0537 e. The molecule has 1 aromatic carbocycles. The fourth-order valence-corrected chi connectivity index (χ4v) is 2.13. The second kappa shape index (κ2) is 4.43. The molecule has 0 saturated carbocycles. The molecule has 14 heavy (non-hydrogen) atoms. The van der Waals surface area contributed by atoms with Gasteiger partial charge in [-0.2, -0.15) is 0 Å². The van der Waals surface area contributed by atoms with Gasteiger partial charge in [-0.05, 0) is 24.8 Å². The quantitative estimate of drug-likeness (QED) is 0.723. The maximum Gasteiger partial charge on any atom is 0.0537 e. The number of aliphatic hydroxyl groups excluding tert-OH is 1. The van der Waals surface area contributed by atoms with Crippen molar-refractivity contribution in [2.24, 2.45) is 0 Å². The normalized spacial score (nSPS) is 17.9. The molecule has 0 heterocycles. The van der Waals surface area contributed by atoms with Crippen molar-refractivity contribution in [3.8, 4) is 0 Å². The fraction of sp³-hybridized carbons (Fsp3) is 0.385. The van der Waals surface area contributed by atoms with Crippen molar-refractivity contribution in [1.29, 1.82) is 0 Å². The molecule has 1 aromatic rings. The topological polar surface area (TPSA) is 20.2 Å². The van der Waals surface area contributed by atoms with Crippen molar-refractivity contribution in [1.82, 2.24) is 0 Å². The Kier molecular flexibility index (Phi) is 3.00. The van der Waals surface area contributed by atoms with Crippen LogP contribution >= 0.6 is 0 Å². The van der Waals surface area contributed by atoms with Crippen LogP contribution in [0.3, 0.4) is 0 Å². The summed E-state index contributed by atoms with van der Waals surface area (Å²) in [6.45, 7) is 0.232. The van der Waals surface area contributed by atoms with Crippen LogP contribution in [0.25, 0.3) is 0 Å². The van der Waals surface area contributed by atoms with Crippen LogP contribution in [0.1, 0.15) is 30.7 Å². The Morgan fingerprint density at radius 3 is 2.57 bits per heavy atom. The summed E-state index contributed by atoms with van der Waals surface area (Å²) in [6, 6.07) is 10.3. The third-order valence-electron chi connectivity index (χ3n) is 2.91. The van der Waals surface area contributed by atoms with E-state index in [9.17, 15) is 5.11 Å². The lowest BCUT2D eigenvalue weighted by molar-refractivity contribution is 0.277. The maximum absolute atomic E-state index is 9.40. The van der Waals surface area contributed by atoms with Crippen molar-refractivity contribution in [3.05, 3.63) is 47.5 Å². The summed E-state index contributed by atoms with van der Waals surface area (Å²) in [5, 5.41) is 9.40. The Morgan fingerprint density at radius 1 is 1.21 bits per heavy atom. The Balaban J connectivity index is 2.21. The van der Waals surface area contributed by atoms with E-state index in [1.807, 2.05) is 18.2 Å². The lowest BCUT2D eigenvalue weighted by atomic mass is 9.91. The van der Waals surface area contributed by atoms with E-state index in [0.717, 1.165) is 6.42 Å². The van der Waals surface area contributed by atoms with Crippen LogP contribution in [0.5, 0.6) is 0 Å². The van der Waals surface area contributed by atoms with Gasteiger partial charge in [0.05, 0.1) is 6.61 Å². The molecule has 0 bridgehead atoms. The van der Waals surface area contributed by atoms with Crippen LogP contribution in [0, 0.1) is 0 Å². The van der Waals surface area contributed by atoms with E-state index < -0.39 is 0 Å². The van der Waals surface area contributed by atoms with Crippen LogP contribution in [-0.2, 0) is 0 Å². The van der Waals surface area contributed by atoms with Gasteiger partial charge in [0, 0.05) is 5.92 Å². The first-order valence-electron chi connectivity index (χ1n) is 5.26. The van der Waals surface area contributed by atoms with Gasteiger partial charge in [-0.3, -0.25) is 0 Å². The highest BCUT2D eigenvalue weighted by Crippen LogP contribution is 2.31. The van der Waals surface area contributed by atoms with Gasteiger partial charge in [0.1, 0.15) is 0 Å². The molecule has 0 fully saturated rings. The molecule has 1 aliphatic rings. The minimum absolute atomic E-state index is 0.232. The molecule has 0 radical (unpaired) electrons. The number of rotatable bonds is 3. The first-order chi connectivity index (χ1) is 6.92. The van der Waals surface area contributed by atoms with Crippen LogP contribution < -0.4 is 0 Å². The number of aliphatic hydroxyl groups is 1. The van der Waals surface area contributed by atoms with Crippen LogP contribution in [-0.4, -0.2) is 11.7 Å². The molecule has 1 aliphatic carbocycles. The van der Waals surface area contributed by atoms with Gasteiger partial charge in [-0.25, -0.2) is 0 Å². The SMILES string of the molecule is OCC(C1=CCCC1)c1ccccc1. The number of hydrogen-bond acceptors (Lipinski definition) is 1. The Labute approximate surface area is 85.1 Å². The first kappa shape index (κ1) is 9.47. The van der Waals surface area contributed by atoms with Crippen molar-refractivity contribution in [2.75, 3.05) is 6.61 Å². The van der Waals surface area contributed by atoms with Crippen molar-refractivity contribution >= 4 is 0 Å². The molecule has 0 saturated heterocycles. The summed E-state index contributed by atoms with van der Waals surface area (Å²) in [6.07, 6.45) is 5.87. The number of benzene rings is 1. The molecule has 0 aliphatic heterocycles. The summed E-state index contributed by atoms with van der Waals surface area (Å²) in [7, 11) is 0. The van der Waals surface area contributed by atoms with E-state index >= 15 is 0 Å². The lowest BCUT2D eigenvalue weighted by Gasteiger charge is -2.15. The van der Waals surface area contributed by atoms with Gasteiger partial charge >= 0.3 is 0 Å². The minimum atomic E-state index is 0.232. The molecule has 0 spiro atoms. The third kappa shape index (κ3) is 1.88. The van der Waals surface area contributed by atoms with Gasteiger partial charge in [0.25, 0.3) is 0 Å². The van der Waals surface area contributed by atoms with Gasteiger partial charge in [-0.1, -0.05) is 42.0 Å². The Hall–Kier alpha value is -1.08. The zero-order valence-electron chi connectivity index (χ0n) is 8.32. The van der Waals surface area contributed by atoms with Crippen molar-refractivity contribution in [3.63, 3.8) is 0 Å². The summed E-state index contributed by atoms with van der Waals surface area (Å²) in [5.74, 6) is 0.235. The van der Waals surface area contributed by atoms with Gasteiger partial charge in [0.15, 0.2) is 0 Å². The summed E-state index contributed by atoms with van der Waals surface area (Å²) >= 11 is 0. The first-order valence-corrected chi connectivity index (χ1v) is 5.26. The molecular weight excluding hydrogens is 172 g/mol. The predicted octanol–water partition coefficient (Wildman–Crippen LogP) is 2.87. The van der Waals surface area contributed by atoms with Crippen LogP contribution in [0.15, 0.2) is 42.0 Å². The summed E-state index contributed by atoms with van der Waals surface area (Å²) in [4.78, 5) is 0. The monoisotopic (exact) mass is 188 g/mol. The molecule has 1 atom stereocenters. The van der Waals surface area contributed by atoms with Crippen molar-refractivity contribution in [2.45, 2.75) is 25.2 Å². The van der Waals surface area contributed by atoms with E-state index in [4.69, 9.17) is 0 Å². The van der Waals surface area contributed by atoms with Crippen molar-refractivity contribution < 1.29 is 5.11 Å². The maximum atomic E-state index is 9.40. The second-order valence-corrected chi connectivity index (χ2v) is 3.82. The molecule has 1 heteroatoms. The number of allylic oxidation sites excluding steroid dienone is 1. The molecule has 1 unspecified atom stereocenters. The lowest BCUT2D eigenvalue weighted by Crippen LogP contribution is -2.05. The van der Waals surface area contributed by atoms with E-state index in [-0.39, 0.29) is 12.5 Å². The second-order valence-electron chi connectivity index (χ2n) is 3.82. The van der Waals surface area contributed by atoms with Gasteiger partial charge in [0.2, 0.25) is 0 Å². The molecule has 74 valence electrons. The molecule has 1 nitrogen and oxygen atoms in total. The van der Waals surface area contributed by atoms with Gasteiger partial charge in [-0.15, -0.1) is 0 Å². The standard InChI is InChI=1S/C13H16O/c14-10-13(12-8-4-5-9-12)11-6-2-1-3-7-11/h1-3,6-8,13-14H,4-5,9-10H2. The molecule has 2 rings (SSSR count). The Bertz CT molecular complexity index is 313. The van der Waals surface area contributed by atoms with E-state index in [1.54, 1.807) is 0 Å². The Morgan fingerprint density at radius 2 is 2.00 bits per heavy atom. The average molecular weight is 188 g/mol. The van der Waals surface area contributed by atoms with E-state index in [1.165, 1.54) is 24.0 Å². The van der Waals surface area contributed by atoms with Crippen LogP contribution in [0.2, 0.25) is 0 Å².